The van der Waals surface area contributed by atoms with E-state index in [1.807, 2.05) is 31.2 Å². The third kappa shape index (κ3) is 4.78. The van der Waals surface area contributed by atoms with Gasteiger partial charge in [-0.1, -0.05) is 57.2 Å². The first-order valence-corrected chi connectivity index (χ1v) is 10.3. The van der Waals surface area contributed by atoms with Gasteiger partial charge in [-0.05, 0) is 19.4 Å². The highest BCUT2D eigenvalue weighted by Gasteiger charge is 2.35. The van der Waals surface area contributed by atoms with Crippen LogP contribution in [-0.2, 0) is 9.53 Å². The maximum Gasteiger partial charge on any atom is 0.338 e. The summed E-state index contributed by atoms with van der Waals surface area (Å²) in [7, 11) is 1.62. The molecule has 2 heterocycles. The number of esters is 1. The zero-order chi connectivity index (χ0) is 20.6. The molecule has 1 aromatic heterocycles. The second-order valence-corrected chi connectivity index (χ2v) is 7.24. The number of nitrogens with one attached hydrogen (secondary N) is 1. The normalized spacial score (nSPS) is 15.6. The average Bonchev–Trinajstić information content (AvgIpc) is 3.19. The molecule has 1 atom stereocenters. The molecule has 3 rings (SSSR count). The summed E-state index contributed by atoms with van der Waals surface area (Å²) in [5, 5.41) is 7.50. The molecular weight excluding hydrogens is 368 g/mol. The van der Waals surface area contributed by atoms with E-state index in [0.29, 0.717) is 29.6 Å². The van der Waals surface area contributed by atoms with Gasteiger partial charge >= 0.3 is 5.97 Å². The minimum Gasteiger partial charge on any atom is -0.496 e. The summed E-state index contributed by atoms with van der Waals surface area (Å²) in [5.41, 5.74) is 2.09. The number of para-hydroxylation sites is 1. The number of fused-ring (bicyclic) bond motifs is 1. The number of aromatic nitrogens is 3. The van der Waals surface area contributed by atoms with Crippen LogP contribution in [0.15, 0.2) is 41.9 Å². The summed E-state index contributed by atoms with van der Waals surface area (Å²) in [6, 6.07) is 7.18. The molecule has 1 aliphatic rings. The fraction of sp³-hybridized carbons (Fsp3) is 0.500. The second-order valence-electron chi connectivity index (χ2n) is 7.24. The van der Waals surface area contributed by atoms with Crippen molar-refractivity contribution in [3.63, 3.8) is 0 Å². The predicted octanol–water partition coefficient (Wildman–Crippen LogP) is 4.48. The molecule has 156 valence electrons. The first-order valence-electron chi connectivity index (χ1n) is 10.3. The highest BCUT2D eigenvalue weighted by molar-refractivity contribution is 5.92. The lowest BCUT2D eigenvalue weighted by Crippen LogP contribution is -2.30. The summed E-state index contributed by atoms with van der Waals surface area (Å²) in [4.78, 5) is 17.3. The van der Waals surface area contributed by atoms with E-state index in [1.165, 1.54) is 32.0 Å². The van der Waals surface area contributed by atoms with Gasteiger partial charge in [0.2, 0.25) is 5.95 Å². The number of carbonyl (C=O) groups is 1. The fourth-order valence-electron chi connectivity index (χ4n) is 3.66. The van der Waals surface area contributed by atoms with Gasteiger partial charge in [0, 0.05) is 11.3 Å². The van der Waals surface area contributed by atoms with Crippen molar-refractivity contribution < 1.29 is 14.3 Å². The maximum absolute atomic E-state index is 13.0. The monoisotopic (exact) mass is 398 g/mol. The lowest BCUT2D eigenvalue weighted by molar-refractivity contribution is -0.139. The summed E-state index contributed by atoms with van der Waals surface area (Å²) < 4.78 is 12.9. The largest absolute Gasteiger partial charge is 0.496 e. The molecule has 0 amide bonds. The first-order chi connectivity index (χ1) is 14.2. The van der Waals surface area contributed by atoms with Crippen molar-refractivity contribution in [2.75, 3.05) is 19.0 Å². The van der Waals surface area contributed by atoms with E-state index >= 15 is 0 Å². The van der Waals surface area contributed by atoms with Crippen molar-refractivity contribution in [1.29, 1.82) is 0 Å². The number of hydrogen-bond acceptors (Lipinski definition) is 6. The van der Waals surface area contributed by atoms with Gasteiger partial charge in [-0.25, -0.2) is 9.48 Å². The molecule has 1 aliphatic heterocycles. The van der Waals surface area contributed by atoms with E-state index in [4.69, 9.17) is 9.47 Å². The minimum absolute atomic E-state index is 0.333. The molecule has 0 fully saturated rings. The average molecular weight is 399 g/mol. The van der Waals surface area contributed by atoms with Crippen LogP contribution >= 0.6 is 0 Å². The van der Waals surface area contributed by atoms with Crippen LogP contribution in [0, 0.1) is 0 Å². The number of rotatable bonds is 10. The van der Waals surface area contributed by atoms with E-state index in [-0.39, 0.29) is 5.97 Å². The zero-order valence-electron chi connectivity index (χ0n) is 17.5. The Morgan fingerprint density at radius 1 is 1.17 bits per heavy atom. The van der Waals surface area contributed by atoms with Gasteiger partial charge in [0.05, 0.1) is 19.3 Å². The summed E-state index contributed by atoms with van der Waals surface area (Å²) in [6.07, 6.45) is 8.34. The van der Waals surface area contributed by atoms with Gasteiger partial charge < -0.3 is 14.8 Å². The summed E-state index contributed by atoms with van der Waals surface area (Å²) >= 11 is 0. The standard InChI is InChI=1S/C22H30N4O3/c1-4-5-6-7-8-11-14-29-21(27)19-16(2)25-22-23-15-24-26(22)20(19)17-12-9-10-13-18(17)28-3/h9-10,12-13,15,20H,4-8,11,14H2,1-3H3,(H,23,24,25). The van der Waals surface area contributed by atoms with Crippen LogP contribution in [0.2, 0.25) is 0 Å². The molecule has 1 unspecified atom stereocenters. The summed E-state index contributed by atoms with van der Waals surface area (Å²) in [5.74, 6) is 0.946. The lowest BCUT2D eigenvalue weighted by atomic mass is 9.95. The fourth-order valence-corrected chi connectivity index (χ4v) is 3.66. The predicted molar refractivity (Wildman–Crippen MR) is 112 cm³/mol. The molecule has 7 heteroatoms. The van der Waals surface area contributed by atoms with Gasteiger partial charge in [0.1, 0.15) is 18.1 Å². The lowest BCUT2D eigenvalue weighted by Gasteiger charge is -2.29. The molecule has 0 radical (unpaired) electrons. The molecule has 0 saturated carbocycles. The van der Waals surface area contributed by atoms with Crippen molar-refractivity contribution in [2.45, 2.75) is 58.4 Å². The van der Waals surface area contributed by atoms with Gasteiger partial charge in [-0.15, -0.1) is 0 Å². The Labute approximate surface area is 172 Å². The summed E-state index contributed by atoms with van der Waals surface area (Å²) in [6.45, 7) is 4.49. The van der Waals surface area contributed by atoms with Crippen molar-refractivity contribution in [3.05, 3.63) is 47.4 Å². The van der Waals surface area contributed by atoms with E-state index < -0.39 is 6.04 Å². The second kappa shape index (κ2) is 10.1. The van der Waals surface area contributed by atoms with Crippen LogP contribution in [0.5, 0.6) is 5.75 Å². The SMILES string of the molecule is CCCCCCCCOC(=O)C1=C(C)Nc2ncnn2C1c1ccccc1OC. The number of anilines is 1. The van der Waals surface area contributed by atoms with Gasteiger partial charge in [0.15, 0.2) is 0 Å². The molecule has 29 heavy (non-hydrogen) atoms. The molecule has 1 N–H and O–H groups in total. The Hall–Kier alpha value is -2.83. The van der Waals surface area contributed by atoms with Crippen molar-refractivity contribution in [1.82, 2.24) is 14.8 Å². The molecule has 0 spiro atoms. The smallest absolute Gasteiger partial charge is 0.338 e. The number of carbonyl (C=O) groups excluding carboxylic acids is 1. The number of ether oxygens (including phenoxy) is 2. The Kier molecular flexibility index (Phi) is 7.27. The van der Waals surface area contributed by atoms with Crippen molar-refractivity contribution >= 4 is 11.9 Å². The number of nitrogens with zero attached hydrogens (tertiary/aromatic N) is 3. The van der Waals surface area contributed by atoms with Crippen molar-refractivity contribution in [3.8, 4) is 5.75 Å². The molecule has 7 nitrogen and oxygen atoms in total. The van der Waals surface area contributed by atoms with Crippen LogP contribution < -0.4 is 10.1 Å². The maximum atomic E-state index is 13.0. The van der Waals surface area contributed by atoms with Crippen LogP contribution in [0.1, 0.15) is 64.0 Å². The topological polar surface area (TPSA) is 78.3 Å². The number of unbranched alkanes of at least 4 members (excludes halogenated alkanes) is 5. The van der Waals surface area contributed by atoms with Crippen LogP contribution in [0.25, 0.3) is 0 Å². The first kappa shape index (κ1) is 20.9. The molecule has 0 saturated heterocycles. The number of hydrogen-bond donors (Lipinski definition) is 1. The molecule has 0 bridgehead atoms. The van der Waals surface area contributed by atoms with Gasteiger partial charge in [0.25, 0.3) is 0 Å². The Morgan fingerprint density at radius 2 is 1.93 bits per heavy atom. The van der Waals surface area contributed by atoms with E-state index in [0.717, 1.165) is 18.4 Å². The minimum atomic E-state index is -0.457. The number of benzene rings is 1. The van der Waals surface area contributed by atoms with E-state index in [2.05, 4.69) is 22.3 Å². The van der Waals surface area contributed by atoms with Crippen LogP contribution in [-0.4, -0.2) is 34.5 Å². The number of methoxy groups -OCH3 is 1. The Bertz CT molecular complexity index is 859. The zero-order valence-corrected chi connectivity index (χ0v) is 17.5. The Balaban J connectivity index is 1.77. The highest BCUT2D eigenvalue weighted by Crippen LogP contribution is 2.38. The Morgan fingerprint density at radius 3 is 2.72 bits per heavy atom. The third-order valence-corrected chi connectivity index (χ3v) is 5.18. The third-order valence-electron chi connectivity index (χ3n) is 5.18. The van der Waals surface area contributed by atoms with E-state index in [1.54, 1.807) is 11.8 Å². The molecule has 2 aromatic rings. The van der Waals surface area contributed by atoms with E-state index in [9.17, 15) is 4.79 Å². The quantitative estimate of drug-likeness (QED) is 0.470. The van der Waals surface area contributed by atoms with Crippen LogP contribution in [0.3, 0.4) is 0 Å². The molecular formula is C22H30N4O3. The van der Waals surface area contributed by atoms with Gasteiger partial charge in [-0.3, -0.25) is 0 Å². The van der Waals surface area contributed by atoms with Gasteiger partial charge in [-0.2, -0.15) is 10.1 Å². The van der Waals surface area contributed by atoms with Crippen molar-refractivity contribution in [2.24, 2.45) is 0 Å². The molecule has 0 aliphatic carbocycles. The van der Waals surface area contributed by atoms with Crippen LogP contribution in [0.4, 0.5) is 5.95 Å². The molecule has 1 aromatic carbocycles. The highest BCUT2D eigenvalue weighted by atomic mass is 16.5. The number of allylic oxidation sites excluding steroid dienone is 1.